The minimum atomic E-state index is -0.352. The largest absolute Gasteiger partial charge is 0.303 e. The van der Waals surface area contributed by atoms with Crippen LogP contribution in [-0.4, -0.2) is 16.3 Å². The highest BCUT2D eigenvalue weighted by molar-refractivity contribution is 5.75. The molecule has 3 rings (SSSR count). The predicted molar refractivity (Wildman–Crippen MR) is 115 cm³/mol. The van der Waals surface area contributed by atoms with E-state index in [-0.39, 0.29) is 11.7 Å². The summed E-state index contributed by atoms with van der Waals surface area (Å²) in [6.45, 7) is 5.98. The molecule has 0 amide bonds. The van der Waals surface area contributed by atoms with Gasteiger partial charge >= 0.3 is 0 Å². The van der Waals surface area contributed by atoms with E-state index in [0.717, 1.165) is 47.9 Å². The molecule has 1 aromatic heterocycles. The van der Waals surface area contributed by atoms with Crippen LogP contribution in [0.1, 0.15) is 55.8 Å². The van der Waals surface area contributed by atoms with Gasteiger partial charge in [0.2, 0.25) is 0 Å². The zero-order valence-electron chi connectivity index (χ0n) is 17.3. The van der Waals surface area contributed by atoms with E-state index in [9.17, 15) is 4.79 Å². The Labute approximate surface area is 172 Å². The number of halogens is 1. The van der Waals surface area contributed by atoms with Crippen molar-refractivity contribution < 1.29 is 9.18 Å². The SMILES string of the molecule is CCCc1ccc(-c2nc(-c3ccccc3)nc(C)c2C(C=O)CCC)c(F)c1. The summed E-state index contributed by atoms with van der Waals surface area (Å²) in [5.41, 5.74) is 4.21. The van der Waals surface area contributed by atoms with Crippen molar-refractivity contribution in [2.45, 2.75) is 52.4 Å². The van der Waals surface area contributed by atoms with Gasteiger partial charge in [-0.2, -0.15) is 0 Å². The Kier molecular flexibility index (Phi) is 6.86. The first kappa shape index (κ1) is 20.8. The number of hydrogen-bond acceptors (Lipinski definition) is 3. The van der Waals surface area contributed by atoms with Gasteiger partial charge in [0, 0.05) is 28.3 Å². The van der Waals surface area contributed by atoms with E-state index in [1.807, 2.05) is 50.2 Å². The third-order valence-corrected chi connectivity index (χ3v) is 5.13. The molecule has 4 heteroatoms. The molecule has 0 spiro atoms. The number of hydrogen-bond donors (Lipinski definition) is 0. The minimum Gasteiger partial charge on any atom is -0.303 e. The Bertz CT molecular complexity index is 986. The Morgan fingerprint density at radius 2 is 1.79 bits per heavy atom. The lowest BCUT2D eigenvalue weighted by molar-refractivity contribution is -0.109. The molecular weight excluding hydrogens is 363 g/mol. The van der Waals surface area contributed by atoms with Crippen LogP contribution < -0.4 is 0 Å². The number of rotatable bonds is 8. The molecule has 0 N–H and O–H groups in total. The molecule has 150 valence electrons. The molecule has 0 bridgehead atoms. The van der Waals surface area contributed by atoms with Crippen molar-refractivity contribution in [2.75, 3.05) is 0 Å². The molecule has 3 aromatic rings. The molecular formula is C25H27FN2O. The van der Waals surface area contributed by atoms with Crippen LogP contribution in [0.2, 0.25) is 0 Å². The molecule has 1 unspecified atom stereocenters. The molecule has 1 atom stereocenters. The summed E-state index contributed by atoms with van der Waals surface area (Å²) in [7, 11) is 0. The van der Waals surface area contributed by atoms with Crippen LogP contribution in [-0.2, 0) is 11.2 Å². The summed E-state index contributed by atoms with van der Waals surface area (Å²) in [6, 6.07) is 15.0. The molecule has 0 radical (unpaired) electrons. The zero-order valence-corrected chi connectivity index (χ0v) is 17.3. The van der Waals surface area contributed by atoms with Crippen LogP contribution in [0.25, 0.3) is 22.6 Å². The molecule has 0 saturated carbocycles. The van der Waals surface area contributed by atoms with Crippen molar-refractivity contribution in [1.29, 1.82) is 0 Å². The molecule has 1 heterocycles. The van der Waals surface area contributed by atoms with Crippen LogP contribution in [0.4, 0.5) is 4.39 Å². The van der Waals surface area contributed by atoms with E-state index in [4.69, 9.17) is 4.98 Å². The molecule has 0 aliphatic heterocycles. The van der Waals surface area contributed by atoms with Crippen LogP contribution in [0, 0.1) is 12.7 Å². The Balaban J connectivity index is 2.23. The fourth-order valence-electron chi connectivity index (χ4n) is 3.73. The summed E-state index contributed by atoms with van der Waals surface area (Å²) >= 11 is 0. The third kappa shape index (κ3) is 4.58. The van der Waals surface area contributed by atoms with Gasteiger partial charge in [-0.25, -0.2) is 14.4 Å². The van der Waals surface area contributed by atoms with E-state index in [0.29, 0.717) is 23.5 Å². The topological polar surface area (TPSA) is 42.9 Å². The van der Waals surface area contributed by atoms with E-state index >= 15 is 4.39 Å². The molecule has 0 aliphatic rings. The monoisotopic (exact) mass is 390 g/mol. The number of aldehydes is 1. The lowest BCUT2D eigenvalue weighted by atomic mass is 9.90. The van der Waals surface area contributed by atoms with Gasteiger partial charge in [-0.3, -0.25) is 0 Å². The van der Waals surface area contributed by atoms with Crippen LogP contribution in [0.5, 0.6) is 0 Å². The Hall–Kier alpha value is -2.88. The van der Waals surface area contributed by atoms with Gasteiger partial charge in [0.1, 0.15) is 12.1 Å². The summed E-state index contributed by atoms with van der Waals surface area (Å²) < 4.78 is 15.1. The smallest absolute Gasteiger partial charge is 0.160 e. The average molecular weight is 391 g/mol. The van der Waals surface area contributed by atoms with Gasteiger partial charge < -0.3 is 4.79 Å². The number of benzene rings is 2. The average Bonchev–Trinajstić information content (AvgIpc) is 2.73. The maximum Gasteiger partial charge on any atom is 0.160 e. The van der Waals surface area contributed by atoms with Crippen LogP contribution >= 0.6 is 0 Å². The fraction of sp³-hybridized carbons (Fsp3) is 0.320. The maximum atomic E-state index is 15.1. The van der Waals surface area contributed by atoms with E-state index in [1.54, 1.807) is 12.1 Å². The molecule has 0 fully saturated rings. The van der Waals surface area contributed by atoms with E-state index in [1.165, 1.54) is 0 Å². The highest BCUT2D eigenvalue weighted by Gasteiger charge is 2.23. The van der Waals surface area contributed by atoms with Crippen molar-refractivity contribution in [3.8, 4) is 22.6 Å². The van der Waals surface area contributed by atoms with Crippen molar-refractivity contribution in [2.24, 2.45) is 0 Å². The molecule has 29 heavy (non-hydrogen) atoms. The molecule has 0 saturated heterocycles. The highest BCUT2D eigenvalue weighted by atomic mass is 19.1. The summed E-state index contributed by atoms with van der Waals surface area (Å²) in [6.07, 6.45) is 4.25. The Morgan fingerprint density at radius 3 is 2.41 bits per heavy atom. The molecule has 0 aliphatic carbocycles. The van der Waals surface area contributed by atoms with Gasteiger partial charge in [0.05, 0.1) is 5.69 Å². The fourth-order valence-corrected chi connectivity index (χ4v) is 3.73. The van der Waals surface area contributed by atoms with Gasteiger partial charge in [0.25, 0.3) is 0 Å². The second-order valence-corrected chi connectivity index (χ2v) is 7.36. The summed E-state index contributed by atoms with van der Waals surface area (Å²) in [5, 5.41) is 0. The third-order valence-electron chi connectivity index (χ3n) is 5.13. The number of nitrogens with zero attached hydrogens (tertiary/aromatic N) is 2. The first-order valence-corrected chi connectivity index (χ1v) is 10.3. The van der Waals surface area contributed by atoms with Crippen molar-refractivity contribution >= 4 is 6.29 Å². The van der Waals surface area contributed by atoms with Crippen molar-refractivity contribution in [3.63, 3.8) is 0 Å². The molecule has 3 nitrogen and oxygen atoms in total. The van der Waals surface area contributed by atoms with Gasteiger partial charge in [-0.15, -0.1) is 0 Å². The Morgan fingerprint density at radius 1 is 1.03 bits per heavy atom. The lowest BCUT2D eigenvalue weighted by Crippen LogP contribution is -2.10. The van der Waals surface area contributed by atoms with Gasteiger partial charge in [-0.05, 0) is 37.5 Å². The maximum absolute atomic E-state index is 15.1. The zero-order chi connectivity index (χ0) is 20.8. The van der Waals surface area contributed by atoms with Gasteiger partial charge in [0.15, 0.2) is 5.82 Å². The highest BCUT2D eigenvalue weighted by Crippen LogP contribution is 2.35. The number of carbonyl (C=O) groups is 1. The number of aryl methyl sites for hydroxylation is 2. The van der Waals surface area contributed by atoms with Gasteiger partial charge in [-0.1, -0.05) is 63.1 Å². The quantitative estimate of drug-likeness (QED) is 0.424. The van der Waals surface area contributed by atoms with E-state index < -0.39 is 0 Å². The molecule has 2 aromatic carbocycles. The second kappa shape index (κ2) is 9.55. The van der Waals surface area contributed by atoms with Crippen molar-refractivity contribution in [3.05, 3.63) is 71.2 Å². The van der Waals surface area contributed by atoms with Crippen molar-refractivity contribution in [1.82, 2.24) is 9.97 Å². The van der Waals surface area contributed by atoms with Crippen LogP contribution in [0.15, 0.2) is 48.5 Å². The van der Waals surface area contributed by atoms with E-state index in [2.05, 4.69) is 11.9 Å². The standard InChI is InChI=1S/C25H27FN2O/c1-4-9-18-13-14-21(22(26)15-18)24-23(20(16-29)10-5-2)17(3)27-25(28-24)19-11-7-6-8-12-19/h6-8,11-16,20H,4-5,9-10H2,1-3H3. The summed E-state index contributed by atoms with van der Waals surface area (Å²) in [5.74, 6) is -0.120. The predicted octanol–water partition coefficient (Wildman–Crippen LogP) is 6.29. The lowest BCUT2D eigenvalue weighted by Gasteiger charge is -2.19. The minimum absolute atomic E-state index is 0.310. The second-order valence-electron chi connectivity index (χ2n) is 7.36. The van der Waals surface area contributed by atoms with Crippen LogP contribution in [0.3, 0.4) is 0 Å². The number of aromatic nitrogens is 2. The first-order valence-electron chi connectivity index (χ1n) is 10.3. The first-order chi connectivity index (χ1) is 14.1. The normalized spacial score (nSPS) is 12.0. The summed E-state index contributed by atoms with van der Waals surface area (Å²) in [4.78, 5) is 21.3. The number of carbonyl (C=O) groups excluding carboxylic acids is 1.